The summed E-state index contributed by atoms with van der Waals surface area (Å²) in [5.41, 5.74) is 1.87. The molecule has 0 spiro atoms. The zero-order chi connectivity index (χ0) is 27.9. The van der Waals surface area contributed by atoms with E-state index in [4.69, 9.17) is 16.3 Å². The number of alkyl carbamates (subject to hydrolysis) is 1. The van der Waals surface area contributed by atoms with Gasteiger partial charge in [0.05, 0.1) is 10.7 Å². The van der Waals surface area contributed by atoms with Gasteiger partial charge in [0.2, 0.25) is 5.91 Å². The van der Waals surface area contributed by atoms with Crippen LogP contribution >= 0.6 is 24.2 Å². The summed E-state index contributed by atoms with van der Waals surface area (Å²) in [5, 5.41) is 5.89. The Morgan fingerprint density at radius 3 is 2.35 bits per heavy atom. The largest absolute Gasteiger partial charge is 0.444 e. The molecule has 0 heterocycles. The number of carbonyl (C=O) groups excluding carboxylic acids is 3. The van der Waals surface area contributed by atoms with Crippen LogP contribution in [0.2, 0.25) is 5.02 Å². The molecule has 2 N–H and O–H groups in total. The monoisotopic (exact) mass is 545 g/mol. The van der Waals surface area contributed by atoms with E-state index in [2.05, 4.69) is 29.8 Å². The first-order valence-corrected chi connectivity index (χ1v) is 13.0. The lowest BCUT2D eigenvalue weighted by Gasteiger charge is -2.37. The Bertz CT molecular complexity index is 1130. The molecule has 0 aliphatic carbocycles. The van der Waals surface area contributed by atoms with Crippen molar-refractivity contribution >= 4 is 53.9 Å². The first-order chi connectivity index (χ1) is 17.3. The summed E-state index contributed by atoms with van der Waals surface area (Å²) in [6.45, 7) is 14.5. The third kappa shape index (κ3) is 8.27. The van der Waals surface area contributed by atoms with Gasteiger partial charge < -0.3 is 20.3 Å². The fourth-order valence-corrected chi connectivity index (χ4v) is 4.29. The summed E-state index contributed by atoms with van der Waals surface area (Å²) in [4.78, 5) is 41.6. The van der Waals surface area contributed by atoms with Crippen molar-refractivity contribution in [2.75, 3.05) is 11.1 Å². The van der Waals surface area contributed by atoms with Gasteiger partial charge in [-0.25, -0.2) is 4.79 Å². The van der Waals surface area contributed by atoms with Crippen LogP contribution in [0.15, 0.2) is 49.0 Å². The number of nitrogens with one attached hydrogen (secondary N) is 2. The van der Waals surface area contributed by atoms with Gasteiger partial charge >= 0.3 is 6.09 Å². The summed E-state index contributed by atoms with van der Waals surface area (Å²) < 4.78 is 5.33. The van der Waals surface area contributed by atoms with E-state index < -0.39 is 41.6 Å². The normalized spacial score (nSPS) is 12.9. The van der Waals surface area contributed by atoms with Crippen molar-refractivity contribution in [1.29, 1.82) is 0 Å². The van der Waals surface area contributed by atoms with Crippen LogP contribution < -0.4 is 10.6 Å². The van der Waals surface area contributed by atoms with Gasteiger partial charge in [-0.1, -0.05) is 54.6 Å². The van der Waals surface area contributed by atoms with Crippen molar-refractivity contribution in [3.05, 3.63) is 70.8 Å². The van der Waals surface area contributed by atoms with E-state index >= 15 is 0 Å². The Morgan fingerprint density at radius 1 is 1.16 bits per heavy atom. The van der Waals surface area contributed by atoms with Crippen molar-refractivity contribution in [1.82, 2.24) is 10.2 Å². The average molecular weight is 546 g/mol. The van der Waals surface area contributed by atoms with Gasteiger partial charge in [-0.05, 0) is 70.4 Å². The Morgan fingerprint density at radius 2 is 1.81 bits per heavy atom. The highest BCUT2D eigenvalue weighted by Crippen LogP contribution is 2.31. The number of thiol groups is 1. The minimum absolute atomic E-state index is 0.00591. The molecule has 2 aromatic carbocycles. The summed E-state index contributed by atoms with van der Waals surface area (Å²) in [6, 6.07) is 10.1. The van der Waals surface area contributed by atoms with Crippen LogP contribution in [0.5, 0.6) is 0 Å². The van der Waals surface area contributed by atoms with Crippen LogP contribution in [0.1, 0.15) is 57.4 Å². The number of hydrogen-bond donors (Lipinski definition) is 3. The first kappa shape index (κ1) is 30.3. The number of halogens is 1. The van der Waals surface area contributed by atoms with E-state index in [0.717, 1.165) is 11.1 Å². The summed E-state index contributed by atoms with van der Waals surface area (Å²) in [5.74, 6) is -0.920. The Balaban J connectivity index is 2.54. The van der Waals surface area contributed by atoms with Gasteiger partial charge in [0.1, 0.15) is 17.7 Å². The third-order valence-corrected chi connectivity index (χ3v) is 6.12. The lowest BCUT2D eigenvalue weighted by molar-refractivity contribution is -0.142. The Labute approximate surface area is 230 Å². The number of amides is 3. The van der Waals surface area contributed by atoms with Gasteiger partial charge in [-0.3, -0.25) is 9.59 Å². The summed E-state index contributed by atoms with van der Waals surface area (Å²) in [7, 11) is 0. The molecule has 2 aromatic rings. The molecule has 200 valence electrons. The Kier molecular flexibility index (Phi) is 10.6. The number of para-hydroxylation sites is 1. The van der Waals surface area contributed by atoms with Gasteiger partial charge in [0, 0.05) is 11.8 Å². The highest BCUT2D eigenvalue weighted by molar-refractivity contribution is 7.80. The molecule has 0 saturated heterocycles. The molecule has 0 aliphatic heterocycles. The van der Waals surface area contributed by atoms with Crippen LogP contribution in [-0.2, 0) is 14.3 Å². The highest BCUT2D eigenvalue weighted by Gasteiger charge is 2.37. The average Bonchev–Trinajstić information content (AvgIpc) is 2.81. The molecular formula is C28H36ClN3O4S. The first-order valence-electron chi connectivity index (χ1n) is 12.0. The molecule has 0 bridgehead atoms. The second-order valence-electron chi connectivity index (χ2n) is 9.92. The van der Waals surface area contributed by atoms with Crippen molar-refractivity contribution in [2.24, 2.45) is 0 Å². The van der Waals surface area contributed by atoms with Crippen molar-refractivity contribution < 1.29 is 19.1 Å². The zero-order valence-electron chi connectivity index (χ0n) is 22.2. The molecule has 2 atom stereocenters. The van der Waals surface area contributed by atoms with Gasteiger partial charge in [0.15, 0.2) is 0 Å². The number of nitrogens with zero attached hydrogens (tertiary/aromatic N) is 1. The van der Waals surface area contributed by atoms with Crippen LogP contribution in [-0.4, -0.2) is 46.2 Å². The van der Waals surface area contributed by atoms with Crippen LogP contribution in [0.25, 0.3) is 6.08 Å². The number of aryl methyl sites for hydroxylation is 1. The van der Waals surface area contributed by atoms with E-state index in [0.29, 0.717) is 16.3 Å². The van der Waals surface area contributed by atoms with E-state index in [1.165, 1.54) is 4.90 Å². The van der Waals surface area contributed by atoms with Gasteiger partial charge in [0.25, 0.3) is 5.91 Å². The quantitative estimate of drug-likeness (QED) is 0.336. The summed E-state index contributed by atoms with van der Waals surface area (Å²) >= 11 is 10.7. The lowest BCUT2D eigenvalue weighted by atomic mass is 9.99. The number of carbonyl (C=O) groups is 3. The molecule has 37 heavy (non-hydrogen) atoms. The number of rotatable bonds is 9. The van der Waals surface area contributed by atoms with E-state index in [-0.39, 0.29) is 5.75 Å². The maximum Gasteiger partial charge on any atom is 0.408 e. The molecule has 0 radical (unpaired) electrons. The SMILES string of the molecule is C=Cc1cccc(C(C(=O)Nc2c(C)cccc2Cl)N(C(=O)C(CS)NC(=O)OC(C)(C)C)C(C)C)c1. The fourth-order valence-electron chi connectivity index (χ4n) is 3.77. The summed E-state index contributed by atoms with van der Waals surface area (Å²) in [6.07, 6.45) is 0.920. The number of anilines is 1. The zero-order valence-corrected chi connectivity index (χ0v) is 23.8. The van der Waals surface area contributed by atoms with E-state index in [1.54, 1.807) is 71.0 Å². The minimum atomic E-state index is -1.04. The Hall–Kier alpha value is -2.97. The molecule has 0 aliphatic rings. The molecular weight excluding hydrogens is 510 g/mol. The van der Waals surface area contributed by atoms with Crippen molar-refractivity contribution in [3.8, 4) is 0 Å². The third-order valence-electron chi connectivity index (χ3n) is 5.44. The van der Waals surface area contributed by atoms with E-state index in [9.17, 15) is 14.4 Å². The fraction of sp³-hybridized carbons (Fsp3) is 0.393. The lowest BCUT2D eigenvalue weighted by Crippen LogP contribution is -2.55. The molecule has 2 unspecified atom stereocenters. The maximum atomic E-state index is 13.9. The predicted octanol–water partition coefficient (Wildman–Crippen LogP) is 6.03. The van der Waals surface area contributed by atoms with Gasteiger partial charge in [-0.2, -0.15) is 12.6 Å². The smallest absolute Gasteiger partial charge is 0.408 e. The van der Waals surface area contributed by atoms with Crippen molar-refractivity contribution in [2.45, 2.75) is 65.3 Å². The highest BCUT2D eigenvalue weighted by atomic mass is 35.5. The number of ether oxygens (including phenoxy) is 1. The molecule has 3 amide bonds. The standard InChI is InChI=1S/C28H36ClN3O4S/c1-8-19-12-10-13-20(15-19)24(25(33)31-23-18(4)11-9-14-21(23)29)32(17(2)3)26(34)22(16-37)30-27(35)36-28(5,6)7/h8-15,17,22,24,37H,1,16H2,2-7H3,(H,30,35)(H,31,33). The number of benzene rings is 2. The van der Waals surface area contributed by atoms with Crippen LogP contribution in [0.4, 0.5) is 10.5 Å². The second-order valence-corrected chi connectivity index (χ2v) is 10.7. The molecule has 9 heteroatoms. The number of hydrogen-bond acceptors (Lipinski definition) is 5. The molecule has 0 saturated carbocycles. The molecule has 0 fully saturated rings. The van der Waals surface area contributed by atoms with Crippen molar-refractivity contribution in [3.63, 3.8) is 0 Å². The van der Waals surface area contributed by atoms with Gasteiger partial charge in [-0.15, -0.1) is 0 Å². The molecule has 7 nitrogen and oxygen atoms in total. The minimum Gasteiger partial charge on any atom is -0.444 e. The topological polar surface area (TPSA) is 87.7 Å². The molecule has 2 rings (SSSR count). The van der Waals surface area contributed by atoms with E-state index in [1.807, 2.05) is 19.1 Å². The predicted molar refractivity (Wildman–Crippen MR) is 153 cm³/mol. The van der Waals surface area contributed by atoms with Crippen LogP contribution in [0, 0.1) is 6.92 Å². The molecule has 0 aromatic heterocycles. The second kappa shape index (κ2) is 13.0. The maximum absolute atomic E-state index is 13.9. The van der Waals surface area contributed by atoms with Crippen LogP contribution in [0.3, 0.4) is 0 Å².